The van der Waals surface area contributed by atoms with E-state index in [0.717, 1.165) is 36.3 Å². The molecule has 3 N–H and O–H groups in total. The number of methoxy groups -OCH3 is 1. The fourth-order valence-electron chi connectivity index (χ4n) is 2.33. The zero-order valence-electron chi connectivity index (χ0n) is 10.9. The first kappa shape index (κ1) is 13.2. The van der Waals surface area contributed by atoms with Gasteiger partial charge in [-0.15, -0.1) is 0 Å². The van der Waals surface area contributed by atoms with Crippen LogP contribution in [-0.4, -0.2) is 24.4 Å². The SMILES string of the molecule is COc1ccc(C(C)N)c(OC2CCCC2O)c1. The number of ether oxygens (including phenoxy) is 2. The van der Waals surface area contributed by atoms with Gasteiger partial charge in [0.2, 0.25) is 0 Å². The lowest BCUT2D eigenvalue weighted by molar-refractivity contribution is 0.0594. The summed E-state index contributed by atoms with van der Waals surface area (Å²) in [6.07, 6.45) is 2.19. The normalized spacial score (nSPS) is 24.9. The van der Waals surface area contributed by atoms with Gasteiger partial charge in [-0.2, -0.15) is 0 Å². The van der Waals surface area contributed by atoms with Crippen LogP contribution in [0.4, 0.5) is 0 Å². The Hall–Kier alpha value is -1.26. The summed E-state index contributed by atoms with van der Waals surface area (Å²) < 4.78 is 11.1. The van der Waals surface area contributed by atoms with E-state index in [1.54, 1.807) is 7.11 Å². The highest BCUT2D eigenvalue weighted by molar-refractivity contribution is 5.42. The van der Waals surface area contributed by atoms with Gasteiger partial charge in [0, 0.05) is 17.7 Å². The number of aliphatic hydroxyl groups is 1. The van der Waals surface area contributed by atoms with Gasteiger partial charge in [0.05, 0.1) is 13.2 Å². The molecule has 4 heteroatoms. The third-order valence-corrected chi connectivity index (χ3v) is 3.41. The number of benzene rings is 1. The van der Waals surface area contributed by atoms with E-state index >= 15 is 0 Å². The molecule has 0 aliphatic heterocycles. The minimum atomic E-state index is -0.378. The van der Waals surface area contributed by atoms with Crippen molar-refractivity contribution in [3.63, 3.8) is 0 Å². The van der Waals surface area contributed by atoms with E-state index in [-0.39, 0.29) is 18.2 Å². The van der Waals surface area contributed by atoms with Crippen LogP contribution in [0.25, 0.3) is 0 Å². The summed E-state index contributed by atoms with van der Waals surface area (Å²) >= 11 is 0. The molecule has 2 rings (SSSR count). The molecule has 1 aliphatic rings. The molecule has 0 bridgehead atoms. The van der Waals surface area contributed by atoms with Crippen LogP contribution in [0.3, 0.4) is 0 Å². The van der Waals surface area contributed by atoms with Gasteiger partial charge in [0.25, 0.3) is 0 Å². The number of aliphatic hydroxyl groups excluding tert-OH is 1. The third-order valence-electron chi connectivity index (χ3n) is 3.41. The van der Waals surface area contributed by atoms with Crippen LogP contribution in [0.2, 0.25) is 0 Å². The second-order valence-corrected chi connectivity index (χ2v) is 4.85. The molecule has 1 aliphatic carbocycles. The van der Waals surface area contributed by atoms with E-state index < -0.39 is 0 Å². The monoisotopic (exact) mass is 251 g/mol. The molecule has 0 radical (unpaired) electrons. The van der Waals surface area contributed by atoms with Crippen molar-refractivity contribution in [3.05, 3.63) is 23.8 Å². The number of hydrogen-bond donors (Lipinski definition) is 2. The topological polar surface area (TPSA) is 64.7 Å². The summed E-state index contributed by atoms with van der Waals surface area (Å²) in [5.74, 6) is 1.46. The zero-order chi connectivity index (χ0) is 13.1. The Balaban J connectivity index is 2.23. The smallest absolute Gasteiger partial charge is 0.128 e. The lowest BCUT2D eigenvalue weighted by atomic mass is 10.1. The Morgan fingerprint density at radius 2 is 2.17 bits per heavy atom. The summed E-state index contributed by atoms with van der Waals surface area (Å²) in [6.45, 7) is 1.92. The molecule has 1 aromatic carbocycles. The Labute approximate surface area is 108 Å². The number of nitrogens with two attached hydrogens (primary N) is 1. The van der Waals surface area contributed by atoms with Crippen LogP contribution in [-0.2, 0) is 0 Å². The summed E-state index contributed by atoms with van der Waals surface area (Å²) in [6, 6.07) is 5.52. The van der Waals surface area contributed by atoms with Gasteiger partial charge < -0.3 is 20.3 Å². The molecule has 0 heterocycles. The minimum absolute atomic E-state index is 0.107. The van der Waals surface area contributed by atoms with Crippen LogP contribution in [0, 0.1) is 0 Å². The molecular formula is C14H21NO3. The standard InChI is InChI=1S/C14H21NO3/c1-9(15)11-7-6-10(17-2)8-14(11)18-13-5-3-4-12(13)16/h6-9,12-13,16H,3-5,15H2,1-2H3. The predicted molar refractivity (Wildman–Crippen MR) is 69.9 cm³/mol. The van der Waals surface area contributed by atoms with Gasteiger partial charge in [-0.3, -0.25) is 0 Å². The molecule has 1 aromatic rings. The minimum Gasteiger partial charge on any atom is -0.497 e. The maximum atomic E-state index is 9.82. The summed E-state index contributed by atoms with van der Waals surface area (Å²) in [7, 11) is 1.62. The van der Waals surface area contributed by atoms with Gasteiger partial charge in [-0.05, 0) is 32.3 Å². The molecule has 3 atom stereocenters. The third kappa shape index (κ3) is 2.76. The summed E-state index contributed by atoms with van der Waals surface area (Å²) in [5, 5.41) is 9.82. The highest BCUT2D eigenvalue weighted by atomic mass is 16.5. The van der Waals surface area contributed by atoms with Crippen molar-refractivity contribution < 1.29 is 14.6 Å². The lowest BCUT2D eigenvalue weighted by Crippen LogP contribution is -2.26. The van der Waals surface area contributed by atoms with Crippen LogP contribution >= 0.6 is 0 Å². The van der Waals surface area contributed by atoms with Crippen molar-refractivity contribution in [3.8, 4) is 11.5 Å². The van der Waals surface area contributed by atoms with Crippen molar-refractivity contribution >= 4 is 0 Å². The molecule has 1 saturated carbocycles. The summed E-state index contributed by atoms with van der Waals surface area (Å²) in [4.78, 5) is 0. The second-order valence-electron chi connectivity index (χ2n) is 4.85. The number of hydrogen-bond acceptors (Lipinski definition) is 4. The van der Waals surface area contributed by atoms with Gasteiger partial charge in [-0.25, -0.2) is 0 Å². The van der Waals surface area contributed by atoms with Gasteiger partial charge in [0.1, 0.15) is 17.6 Å². The van der Waals surface area contributed by atoms with Crippen LogP contribution in [0.1, 0.15) is 37.8 Å². The molecule has 0 spiro atoms. The first-order valence-electron chi connectivity index (χ1n) is 6.40. The molecule has 4 nitrogen and oxygen atoms in total. The predicted octanol–water partition coefficient (Wildman–Crippen LogP) is 2.01. The van der Waals surface area contributed by atoms with Crippen molar-refractivity contribution in [1.82, 2.24) is 0 Å². The van der Waals surface area contributed by atoms with E-state index in [0.29, 0.717) is 0 Å². The van der Waals surface area contributed by atoms with Crippen molar-refractivity contribution in [2.45, 2.75) is 44.4 Å². The maximum absolute atomic E-state index is 9.82. The fourth-order valence-corrected chi connectivity index (χ4v) is 2.33. The van der Waals surface area contributed by atoms with Crippen LogP contribution < -0.4 is 15.2 Å². The van der Waals surface area contributed by atoms with E-state index in [1.807, 2.05) is 25.1 Å². The molecule has 0 aromatic heterocycles. The van der Waals surface area contributed by atoms with Gasteiger partial charge in [0.15, 0.2) is 0 Å². The van der Waals surface area contributed by atoms with E-state index in [2.05, 4.69) is 0 Å². The Kier molecular flexibility index (Phi) is 4.09. The largest absolute Gasteiger partial charge is 0.497 e. The quantitative estimate of drug-likeness (QED) is 0.859. The number of rotatable bonds is 4. The highest BCUT2D eigenvalue weighted by Crippen LogP contribution is 2.32. The fraction of sp³-hybridized carbons (Fsp3) is 0.571. The lowest BCUT2D eigenvalue weighted by Gasteiger charge is -2.21. The zero-order valence-corrected chi connectivity index (χ0v) is 10.9. The van der Waals surface area contributed by atoms with Crippen LogP contribution in [0.5, 0.6) is 11.5 Å². The molecule has 18 heavy (non-hydrogen) atoms. The van der Waals surface area contributed by atoms with Crippen LogP contribution in [0.15, 0.2) is 18.2 Å². The Morgan fingerprint density at radius 1 is 1.39 bits per heavy atom. The van der Waals surface area contributed by atoms with Gasteiger partial charge in [-0.1, -0.05) is 6.07 Å². The van der Waals surface area contributed by atoms with Crippen molar-refractivity contribution in [2.24, 2.45) is 5.73 Å². The molecule has 3 unspecified atom stereocenters. The van der Waals surface area contributed by atoms with E-state index in [4.69, 9.17) is 15.2 Å². The maximum Gasteiger partial charge on any atom is 0.128 e. The average molecular weight is 251 g/mol. The molecule has 0 saturated heterocycles. The average Bonchev–Trinajstić information content (AvgIpc) is 2.74. The highest BCUT2D eigenvalue weighted by Gasteiger charge is 2.28. The van der Waals surface area contributed by atoms with Gasteiger partial charge >= 0.3 is 0 Å². The molecule has 1 fully saturated rings. The molecular weight excluding hydrogens is 230 g/mol. The Bertz CT molecular complexity index is 406. The Morgan fingerprint density at radius 3 is 2.72 bits per heavy atom. The first-order chi connectivity index (χ1) is 8.61. The van der Waals surface area contributed by atoms with Crippen molar-refractivity contribution in [1.29, 1.82) is 0 Å². The van der Waals surface area contributed by atoms with E-state index in [9.17, 15) is 5.11 Å². The molecule has 0 amide bonds. The van der Waals surface area contributed by atoms with Crippen molar-refractivity contribution in [2.75, 3.05) is 7.11 Å². The second kappa shape index (κ2) is 5.59. The molecule has 100 valence electrons. The van der Waals surface area contributed by atoms with E-state index in [1.165, 1.54) is 0 Å². The summed E-state index contributed by atoms with van der Waals surface area (Å²) in [5.41, 5.74) is 6.87. The first-order valence-corrected chi connectivity index (χ1v) is 6.40.